The molecule has 1 unspecified atom stereocenters. The van der Waals surface area contributed by atoms with Crippen molar-refractivity contribution in [2.24, 2.45) is 11.1 Å². The molecule has 0 spiro atoms. The maximum atomic E-state index is 6.02. The Balaban J connectivity index is 2.16. The summed E-state index contributed by atoms with van der Waals surface area (Å²) in [5.41, 5.74) is 7.74. The van der Waals surface area contributed by atoms with Crippen LogP contribution in [0.3, 0.4) is 0 Å². The van der Waals surface area contributed by atoms with Crippen molar-refractivity contribution in [3.05, 3.63) is 28.5 Å². The topological polar surface area (TPSA) is 42.1 Å². The highest BCUT2D eigenvalue weighted by atomic mass is 79.9. The first-order valence-electron chi connectivity index (χ1n) is 7.18. The number of halogens is 1. The first kappa shape index (κ1) is 14.9. The van der Waals surface area contributed by atoms with Gasteiger partial charge in [-0.25, -0.2) is 0 Å². The Bertz CT molecular complexity index is 418. The van der Waals surface area contributed by atoms with Gasteiger partial charge in [-0.05, 0) is 58.8 Å². The first-order chi connectivity index (χ1) is 9.14. The monoisotopic (exact) mass is 325 g/mol. The van der Waals surface area contributed by atoms with Crippen LogP contribution >= 0.6 is 15.9 Å². The molecule has 1 aliphatic heterocycles. The fraction of sp³-hybridized carbons (Fsp3) is 0.667. The van der Waals surface area contributed by atoms with Gasteiger partial charge in [0, 0.05) is 36.0 Å². The maximum Gasteiger partial charge on any atom is 0.0486 e. The van der Waals surface area contributed by atoms with E-state index in [1.54, 1.807) is 0 Å². The molecule has 1 aliphatic rings. The second kappa shape index (κ2) is 6.33. The Morgan fingerprint density at radius 3 is 2.68 bits per heavy atom. The molecule has 1 saturated heterocycles. The van der Waals surface area contributed by atoms with Gasteiger partial charge < -0.3 is 5.73 Å². The summed E-state index contributed by atoms with van der Waals surface area (Å²) in [4.78, 5) is 6.81. The predicted molar refractivity (Wildman–Crippen MR) is 82.9 cm³/mol. The Hall–Kier alpha value is -0.450. The summed E-state index contributed by atoms with van der Waals surface area (Å²) in [6.07, 6.45) is 7.57. The molecule has 0 aliphatic carbocycles. The van der Waals surface area contributed by atoms with Crippen molar-refractivity contribution in [2.75, 3.05) is 19.6 Å². The Labute approximate surface area is 124 Å². The fourth-order valence-electron chi connectivity index (χ4n) is 3.17. The molecular formula is C15H24BrN3. The zero-order chi connectivity index (χ0) is 13.9. The Morgan fingerprint density at radius 1 is 1.42 bits per heavy atom. The van der Waals surface area contributed by atoms with E-state index in [0.717, 1.165) is 17.6 Å². The van der Waals surface area contributed by atoms with Crippen molar-refractivity contribution < 1.29 is 0 Å². The van der Waals surface area contributed by atoms with Crippen LogP contribution in [0.5, 0.6) is 0 Å². The fourth-order valence-corrected chi connectivity index (χ4v) is 3.55. The van der Waals surface area contributed by atoms with E-state index in [1.807, 2.05) is 12.4 Å². The summed E-state index contributed by atoms with van der Waals surface area (Å²) in [5.74, 6) is 0. The molecule has 106 valence electrons. The molecule has 1 fully saturated rings. The van der Waals surface area contributed by atoms with Gasteiger partial charge in [-0.2, -0.15) is 0 Å². The number of hydrogen-bond donors (Lipinski definition) is 1. The van der Waals surface area contributed by atoms with Crippen LogP contribution in [0, 0.1) is 5.41 Å². The highest BCUT2D eigenvalue weighted by Gasteiger charge is 2.37. The van der Waals surface area contributed by atoms with Crippen LogP contribution in [0.1, 0.15) is 44.7 Å². The van der Waals surface area contributed by atoms with Gasteiger partial charge in [0.15, 0.2) is 0 Å². The molecule has 3 nitrogen and oxygen atoms in total. The van der Waals surface area contributed by atoms with Gasteiger partial charge in [0.2, 0.25) is 0 Å². The average molecular weight is 326 g/mol. The lowest BCUT2D eigenvalue weighted by molar-refractivity contribution is 0.197. The van der Waals surface area contributed by atoms with Crippen LogP contribution in [0.4, 0.5) is 0 Å². The Kier molecular flexibility index (Phi) is 4.98. The summed E-state index contributed by atoms with van der Waals surface area (Å²) in [6.45, 7) is 7.59. The Morgan fingerprint density at radius 2 is 2.16 bits per heavy atom. The van der Waals surface area contributed by atoms with Gasteiger partial charge >= 0.3 is 0 Å². The molecule has 1 atom stereocenters. The number of aromatic nitrogens is 1. The molecule has 0 saturated carbocycles. The summed E-state index contributed by atoms with van der Waals surface area (Å²) < 4.78 is 1.03. The predicted octanol–water partition coefficient (Wildman–Crippen LogP) is 3.36. The van der Waals surface area contributed by atoms with Gasteiger partial charge in [-0.1, -0.05) is 13.8 Å². The summed E-state index contributed by atoms with van der Waals surface area (Å²) in [5, 5.41) is 0. The van der Waals surface area contributed by atoms with Crippen LogP contribution < -0.4 is 5.73 Å². The molecule has 1 aromatic heterocycles. The number of pyridine rings is 1. The standard InChI is InChI=1S/C15H24BrN3/c1-3-15(4-2)5-6-19(11-15)14(8-17)12-7-13(16)10-18-9-12/h7,9-10,14H,3-6,8,11,17H2,1-2H3. The highest BCUT2D eigenvalue weighted by molar-refractivity contribution is 9.10. The molecule has 0 bridgehead atoms. The van der Waals surface area contributed by atoms with E-state index in [0.29, 0.717) is 18.0 Å². The lowest BCUT2D eigenvalue weighted by Gasteiger charge is -2.31. The normalized spacial score (nSPS) is 20.6. The minimum atomic E-state index is 0.296. The van der Waals surface area contributed by atoms with Crippen molar-refractivity contribution in [3.63, 3.8) is 0 Å². The number of nitrogens with zero attached hydrogens (tertiary/aromatic N) is 2. The van der Waals surface area contributed by atoms with E-state index in [9.17, 15) is 0 Å². The van der Waals surface area contributed by atoms with Crippen molar-refractivity contribution in [2.45, 2.75) is 39.2 Å². The van der Waals surface area contributed by atoms with Crippen LogP contribution in [0.2, 0.25) is 0 Å². The quantitative estimate of drug-likeness (QED) is 0.902. The zero-order valence-electron chi connectivity index (χ0n) is 11.9. The van der Waals surface area contributed by atoms with Crippen molar-refractivity contribution in [1.29, 1.82) is 0 Å². The summed E-state index contributed by atoms with van der Waals surface area (Å²) >= 11 is 3.50. The highest BCUT2D eigenvalue weighted by Crippen LogP contribution is 2.40. The molecule has 0 radical (unpaired) electrons. The van der Waals surface area contributed by atoms with E-state index < -0.39 is 0 Å². The molecule has 0 amide bonds. The molecule has 4 heteroatoms. The van der Waals surface area contributed by atoms with E-state index in [-0.39, 0.29) is 0 Å². The van der Waals surface area contributed by atoms with E-state index in [2.05, 4.69) is 45.7 Å². The van der Waals surface area contributed by atoms with Crippen molar-refractivity contribution in [3.8, 4) is 0 Å². The number of rotatable bonds is 5. The van der Waals surface area contributed by atoms with Gasteiger partial charge in [0.05, 0.1) is 0 Å². The van der Waals surface area contributed by atoms with Crippen molar-refractivity contribution in [1.82, 2.24) is 9.88 Å². The van der Waals surface area contributed by atoms with Crippen LogP contribution in [-0.2, 0) is 0 Å². The lowest BCUT2D eigenvalue weighted by atomic mass is 9.82. The number of likely N-dealkylation sites (tertiary alicyclic amines) is 1. The third-order valence-electron chi connectivity index (χ3n) is 4.74. The molecule has 2 heterocycles. The third-order valence-corrected chi connectivity index (χ3v) is 5.18. The van der Waals surface area contributed by atoms with Crippen LogP contribution in [-0.4, -0.2) is 29.5 Å². The molecular weight excluding hydrogens is 302 g/mol. The average Bonchev–Trinajstić information content (AvgIpc) is 2.85. The molecule has 2 rings (SSSR count). The lowest BCUT2D eigenvalue weighted by Crippen LogP contribution is -2.34. The van der Waals surface area contributed by atoms with Crippen LogP contribution in [0.25, 0.3) is 0 Å². The molecule has 1 aromatic rings. The number of hydrogen-bond acceptors (Lipinski definition) is 3. The molecule has 0 aromatic carbocycles. The minimum absolute atomic E-state index is 0.296. The van der Waals surface area contributed by atoms with Crippen LogP contribution in [0.15, 0.2) is 22.9 Å². The molecule has 19 heavy (non-hydrogen) atoms. The number of nitrogens with two attached hydrogens (primary N) is 1. The van der Waals surface area contributed by atoms with Gasteiger partial charge in [-0.3, -0.25) is 9.88 Å². The van der Waals surface area contributed by atoms with Gasteiger partial charge in [0.1, 0.15) is 0 Å². The second-order valence-corrected chi connectivity index (χ2v) is 6.53. The second-order valence-electron chi connectivity index (χ2n) is 5.62. The smallest absolute Gasteiger partial charge is 0.0486 e. The van der Waals surface area contributed by atoms with E-state index >= 15 is 0 Å². The van der Waals surface area contributed by atoms with E-state index in [1.165, 1.54) is 24.8 Å². The van der Waals surface area contributed by atoms with Gasteiger partial charge in [-0.15, -0.1) is 0 Å². The molecule has 2 N–H and O–H groups in total. The third kappa shape index (κ3) is 3.18. The summed E-state index contributed by atoms with van der Waals surface area (Å²) in [7, 11) is 0. The SMILES string of the molecule is CCC1(CC)CCN(C(CN)c2cncc(Br)c2)C1. The zero-order valence-corrected chi connectivity index (χ0v) is 13.5. The first-order valence-corrected chi connectivity index (χ1v) is 7.98. The minimum Gasteiger partial charge on any atom is -0.329 e. The van der Waals surface area contributed by atoms with E-state index in [4.69, 9.17) is 5.73 Å². The van der Waals surface area contributed by atoms with Gasteiger partial charge in [0.25, 0.3) is 0 Å². The summed E-state index contributed by atoms with van der Waals surface area (Å²) in [6, 6.07) is 2.44. The van der Waals surface area contributed by atoms with Crippen molar-refractivity contribution >= 4 is 15.9 Å². The largest absolute Gasteiger partial charge is 0.329 e. The maximum absolute atomic E-state index is 6.02.